The molecule has 3 aliphatic heterocycles. The smallest absolute Gasteiger partial charge is 0.263 e. The zero-order chi connectivity index (χ0) is 32.9. The first-order valence-electron chi connectivity index (χ1n) is 18.2. The van der Waals surface area contributed by atoms with Gasteiger partial charge < -0.3 is 15.0 Å². The molecule has 7 unspecified atom stereocenters. The summed E-state index contributed by atoms with van der Waals surface area (Å²) in [7, 11) is -1.48. The fourth-order valence-corrected chi connectivity index (χ4v) is 9.47. The number of allylic oxidation sites excluding steroid dienone is 2. The highest BCUT2D eigenvalue weighted by Gasteiger charge is 2.39. The van der Waals surface area contributed by atoms with Crippen molar-refractivity contribution in [1.82, 2.24) is 10.0 Å². The SMILES string of the molecule is CCCc1cc(Cl)ccc1C1COc2ccc3cc2N(C1)CC1CCC1[C@H](CCC1CCCCN1)/C=C/CC(C)C(C)S(=O)NC3=O. The van der Waals surface area contributed by atoms with E-state index >= 15 is 0 Å². The number of halogens is 1. The predicted octanol–water partition coefficient (Wildman–Crippen LogP) is 8.22. The molecule has 2 aromatic rings. The molecule has 47 heavy (non-hydrogen) atoms. The second-order valence-corrected chi connectivity index (χ2v) is 16.6. The Morgan fingerprint density at radius 3 is 2.68 bits per heavy atom. The molecular weight excluding hydrogens is 626 g/mol. The molecule has 0 radical (unpaired) electrons. The van der Waals surface area contributed by atoms with E-state index in [1.807, 2.05) is 31.2 Å². The fourth-order valence-electron chi connectivity index (χ4n) is 8.25. The molecular formula is C39H54ClN3O3S. The summed E-state index contributed by atoms with van der Waals surface area (Å²) in [6.07, 6.45) is 16.6. The summed E-state index contributed by atoms with van der Waals surface area (Å²) >= 11 is 6.47. The quantitative estimate of drug-likeness (QED) is 0.301. The van der Waals surface area contributed by atoms with E-state index in [4.69, 9.17) is 16.3 Å². The van der Waals surface area contributed by atoms with Gasteiger partial charge in [-0.2, -0.15) is 0 Å². The van der Waals surface area contributed by atoms with Crippen LogP contribution in [0.5, 0.6) is 5.75 Å². The number of amides is 1. The summed E-state index contributed by atoms with van der Waals surface area (Å²) < 4.78 is 22.7. The topological polar surface area (TPSA) is 70.7 Å². The summed E-state index contributed by atoms with van der Waals surface area (Å²) in [5, 5.41) is 4.39. The Morgan fingerprint density at radius 1 is 1.04 bits per heavy atom. The molecule has 8 heteroatoms. The van der Waals surface area contributed by atoms with Crippen LogP contribution in [0, 0.1) is 23.7 Å². The molecule has 6 rings (SSSR count). The number of fused-ring (bicyclic) bond motifs is 2. The molecule has 1 amide bonds. The second kappa shape index (κ2) is 15.9. The number of piperidine rings is 1. The van der Waals surface area contributed by atoms with Crippen LogP contribution >= 0.6 is 11.6 Å². The maximum atomic E-state index is 13.5. The number of nitrogens with one attached hydrogen (secondary N) is 2. The van der Waals surface area contributed by atoms with Gasteiger partial charge in [0.15, 0.2) is 0 Å². The van der Waals surface area contributed by atoms with Crippen molar-refractivity contribution in [2.45, 2.75) is 102 Å². The highest BCUT2D eigenvalue weighted by Crippen LogP contribution is 2.45. The van der Waals surface area contributed by atoms with E-state index in [1.165, 1.54) is 56.1 Å². The average Bonchev–Trinajstić information content (AvgIpc) is 3.24. The lowest BCUT2D eigenvalue weighted by atomic mass is 9.65. The zero-order valence-corrected chi connectivity index (χ0v) is 30.1. The number of rotatable bonds is 6. The normalized spacial score (nSPS) is 32.3. The number of nitrogens with zero attached hydrogens (tertiary/aromatic N) is 1. The highest BCUT2D eigenvalue weighted by molar-refractivity contribution is 7.84. The van der Waals surface area contributed by atoms with Crippen LogP contribution in [0.1, 0.15) is 106 Å². The zero-order valence-electron chi connectivity index (χ0n) is 28.5. The molecule has 3 heterocycles. The molecule has 4 aliphatic rings. The lowest BCUT2D eigenvalue weighted by Crippen LogP contribution is -2.43. The molecule has 8 atom stereocenters. The lowest BCUT2D eigenvalue weighted by Gasteiger charge is -2.45. The monoisotopic (exact) mass is 679 g/mol. The van der Waals surface area contributed by atoms with Gasteiger partial charge in [0.2, 0.25) is 0 Å². The average molecular weight is 680 g/mol. The Bertz CT molecular complexity index is 1440. The molecule has 1 aliphatic carbocycles. The minimum atomic E-state index is -1.48. The molecule has 256 valence electrons. The van der Waals surface area contributed by atoms with Crippen molar-refractivity contribution in [3.63, 3.8) is 0 Å². The molecule has 2 bridgehead atoms. The third kappa shape index (κ3) is 8.28. The fraction of sp³-hybridized carbons (Fsp3) is 0.615. The first kappa shape index (κ1) is 34.5. The van der Waals surface area contributed by atoms with Crippen molar-refractivity contribution >= 4 is 34.2 Å². The van der Waals surface area contributed by atoms with Crippen LogP contribution in [0.3, 0.4) is 0 Å². The van der Waals surface area contributed by atoms with Crippen LogP contribution in [0.4, 0.5) is 5.69 Å². The Kier molecular flexibility index (Phi) is 11.7. The Labute approximate surface area is 290 Å². The molecule has 6 nitrogen and oxygen atoms in total. The van der Waals surface area contributed by atoms with Gasteiger partial charge in [-0.25, -0.2) is 4.21 Å². The molecule has 2 aromatic carbocycles. The Morgan fingerprint density at radius 2 is 1.91 bits per heavy atom. The van der Waals surface area contributed by atoms with Gasteiger partial charge in [0.05, 0.1) is 17.5 Å². The van der Waals surface area contributed by atoms with Gasteiger partial charge in [0, 0.05) is 35.6 Å². The second-order valence-electron chi connectivity index (χ2n) is 14.7. The third-order valence-electron chi connectivity index (χ3n) is 11.5. The summed E-state index contributed by atoms with van der Waals surface area (Å²) in [6.45, 7) is 9.81. The Balaban J connectivity index is 1.33. The molecule has 0 spiro atoms. The highest BCUT2D eigenvalue weighted by atomic mass is 35.5. The summed E-state index contributed by atoms with van der Waals surface area (Å²) in [6, 6.07) is 12.7. The number of ether oxygens (including phenoxy) is 1. The maximum Gasteiger partial charge on any atom is 0.263 e. The van der Waals surface area contributed by atoms with Gasteiger partial charge in [-0.1, -0.05) is 56.5 Å². The van der Waals surface area contributed by atoms with Gasteiger partial charge in [-0.3, -0.25) is 9.52 Å². The lowest BCUT2D eigenvalue weighted by molar-refractivity contribution is 0.0982. The summed E-state index contributed by atoms with van der Waals surface area (Å²) in [5.74, 6) is 2.63. The van der Waals surface area contributed by atoms with Crippen LogP contribution in [0.15, 0.2) is 48.6 Å². The number of benzene rings is 2. The van der Waals surface area contributed by atoms with E-state index in [1.54, 1.807) is 0 Å². The van der Waals surface area contributed by atoms with Crippen LogP contribution in [0.25, 0.3) is 0 Å². The van der Waals surface area contributed by atoms with Crippen molar-refractivity contribution in [3.8, 4) is 5.75 Å². The minimum absolute atomic E-state index is 0.157. The molecule has 1 saturated carbocycles. The van der Waals surface area contributed by atoms with Crippen molar-refractivity contribution < 1.29 is 13.7 Å². The van der Waals surface area contributed by atoms with Gasteiger partial charge in [-0.15, -0.1) is 0 Å². The number of carbonyl (C=O) groups is 1. The van der Waals surface area contributed by atoms with E-state index in [-0.39, 0.29) is 23.0 Å². The minimum Gasteiger partial charge on any atom is -0.491 e. The van der Waals surface area contributed by atoms with Gasteiger partial charge in [0.1, 0.15) is 16.7 Å². The van der Waals surface area contributed by atoms with Gasteiger partial charge in [0.25, 0.3) is 5.91 Å². The molecule has 0 aromatic heterocycles. The standard InChI is InChI=1S/C39H54ClN3O3S/c1-4-8-29-21-33(40)15-18-36(29)32-24-43-23-31-13-17-35(31)28(12-16-34-11-5-6-20-41-34)10-7-9-26(2)27(3)47(45)42-39(44)30-14-19-38(46-25-32)37(43)22-30/h7,10,14-15,18-19,21-22,26-28,31-32,34-35,41H,4-6,8-9,11-13,16-17,20,23-25H2,1-3H3,(H,42,44)/b10-7+/t26?,27?,28-,31?,32?,34?,35?,47?/m0/s1. The number of hydrogen-bond donors (Lipinski definition) is 2. The first-order valence-corrected chi connectivity index (χ1v) is 19.8. The number of aryl methyl sites for hydroxylation is 1. The number of anilines is 1. The van der Waals surface area contributed by atoms with Gasteiger partial charge in [-0.05, 0) is 130 Å². The van der Waals surface area contributed by atoms with Gasteiger partial charge >= 0.3 is 0 Å². The van der Waals surface area contributed by atoms with Crippen molar-refractivity contribution in [2.24, 2.45) is 23.7 Å². The summed E-state index contributed by atoms with van der Waals surface area (Å²) in [5.41, 5.74) is 4.09. The van der Waals surface area contributed by atoms with E-state index in [2.05, 4.69) is 53.1 Å². The van der Waals surface area contributed by atoms with Crippen molar-refractivity contribution in [3.05, 3.63) is 70.3 Å². The molecule has 2 N–H and O–H groups in total. The Hall–Kier alpha value is -2.35. The van der Waals surface area contributed by atoms with Crippen molar-refractivity contribution in [1.29, 1.82) is 0 Å². The predicted molar refractivity (Wildman–Crippen MR) is 195 cm³/mol. The van der Waals surface area contributed by atoms with E-state index in [9.17, 15) is 9.00 Å². The maximum absolute atomic E-state index is 13.5. The van der Waals surface area contributed by atoms with Crippen LogP contribution in [-0.4, -0.2) is 47.6 Å². The number of hydrogen-bond acceptors (Lipinski definition) is 5. The first-order chi connectivity index (χ1) is 22.8. The molecule has 2 fully saturated rings. The van der Waals surface area contributed by atoms with Crippen molar-refractivity contribution in [2.75, 3.05) is 31.1 Å². The third-order valence-corrected chi connectivity index (χ3v) is 13.2. The summed E-state index contributed by atoms with van der Waals surface area (Å²) in [4.78, 5) is 16.0. The molecule has 1 saturated heterocycles. The van der Waals surface area contributed by atoms with Crippen LogP contribution < -0.4 is 19.7 Å². The van der Waals surface area contributed by atoms with Crippen LogP contribution in [0.2, 0.25) is 5.02 Å². The van der Waals surface area contributed by atoms with E-state index < -0.39 is 11.0 Å². The largest absolute Gasteiger partial charge is 0.491 e. The number of carbonyl (C=O) groups excluding carboxylic acids is 1. The van der Waals surface area contributed by atoms with E-state index in [0.717, 1.165) is 55.4 Å². The van der Waals surface area contributed by atoms with Crippen LogP contribution in [-0.2, 0) is 17.4 Å². The van der Waals surface area contributed by atoms with E-state index in [0.29, 0.717) is 36.0 Å².